The van der Waals surface area contributed by atoms with Crippen molar-refractivity contribution >= 4 is 27.1 Å². The molecule has 1 fully saturated rings. The van der Waals surface area contributed by atoms with Crippen LogP contribution in [-0.4, -0.2) is 32.0 Å². The number of rotatable bonds is 3. The van der Waals surface area contributed by atoms with Crippen LogP contribution >= 0.6 is 11.3 Å². The summed E-state index contributed by atoms with van der Waals surface area (Å²) < 4.78 is 23.0. The minimum atomic E-state index is -3.23. The topological polar surface area (TPSA) is 54.5 Å². The van der Waals surface area contributed by atoms with Gasteiger partial charge in [-0.2, -0.15) is 0 Å². The van der Waals surface area contributed by atoms with E-state index in [-0.39, 0.29) is 16.8 Å². The van der Waals surface area contributed by atoms with Gasteiger partial charge in [0.15, 0.2) is 9.84 Å². The van der Waals surface area contributed by atoms with Gasteiger partial charge in [0.2, 0.25) is 0 Å². The molecule has 1 amide bonds. The van der Waals surface area contributed by atoms with Gasteiger partial charge in [0, 0.05) is 23.2 Å². The number of amides is 1. The summed E-state index contributed by atoms with van der Waals surface area (Å²) >= 11 is 1.67. The number of hydrogen-bond donors (Lipinski definition) is 0. The van der Waals surface area contributed by atoms with E-state index in [0.717, 1.165) is 25.6 Å². The van der Waals surface area contributed by atoms with Crippen molar-refractivity contribution in [3.8, 4) is 0 Å². The molecule has 0 aliphatic carbocycles. The van der Waals surface area contributed by atoms with Crippen LogP contribution in [0.15, 0.2) is 46.7 Å². The highest BCUT2D eigenvalue weighted by atomic mass is 32.2. The van der Waals surface area contributed by atoms with Crippen LogP contribution in [-0.2, 0) is 9.84 Å². The van der Waals surface area contributed by atoms with Gasteiger partial charge in [0.1, 0.15) is 0 Å². The molecule has 1 aromatic heterocycles. The Morgan fingerprint density at radius 2 is 1.95 bits per heavy atom. The minimum Gasteiger partial charge on any atom is -0.331 e. The molecule has 22 heavy (non-hydrogen) atoms. The maximum atomic E-state index is 12.7. The summed E-state index contributed by atoms with van der Waals surface area (Å²) in [6.07, 6.45) is 3.14. The Bertz CT molecular complexity index is 764. The summed E-state index contributed by atoms with van der Waals surface area (Å²) in [6.45, 7) is 0.745. The van der Waals surface area contributed by atoms with Crippen LogP contribution in [0.5, 0.6) is 0 Å². The minimum absolute atomic E-state index is 0.0315. The number of likely N-dealkylation sites (tertiary alicyclic amines) is 1. The van der Waals surface area contributed by atoms with Gasteiger partial charge >= 0.3 is 0 Å². The predicted octanol–water partition coefficient (Wildman–Crippen LogP) is 3.13. The highest BCUT2D eigenvalue weighted by Crippen LogP contribution is 2.35. The molecule has 0 radical (unpaired) electrons. The number of hydrogen-bond acceptors (Lipinski definition) is 4. The van der Waals surface area contributed by atoms with Gasteiger partial charge in [-0.25, -0.2) is 8.42 Å². The molecule has 116 valence electrons. The molecule has 6 heteroatoms. The molecule has 3 rings (SSSR count). The van der Waals surface area contributed by atoms with E-state index >= 15 is 0 Å². The molecular weight excluding hydrogens is 318 g/mol. The summed E-state index contributed by atoms with van der Waals surface area (Å²) in [5, 5.41) is 2.03. The van der Waals surface area contributed by atoms with Crippen molar-refractivity contribution in [3.05, 3.63) is 52.2 Å². The first-order chi connectivity index (χ1) is 10.5. The van der Waals surface area contributed by atoms with Gasteiger partial charge in [-0.05, 0) is 48.6 Å². The van der Waals surface area contributed by atoms with Crippen molar-refractivity contribution in [1.82, 2.24) is 4.90 Å². The Hall–Kier alpha value is -1.66. The zero-order valence-electron chi connectivity index (χ0n) is 12.2. The first-order valence-corrected chi connectivity index (χ1v) is 9.88. The monoisotopic (exact) mass is 335 g/mol. The van der Waals surface area contributed by atoms with E-state index in [4.69, 9.17) is 0 Å². The van der Waals surface area contributed by atoms with Crippen LogP contribution in [0.25, 0.3) is 0 Å². The molecule has 2 heterocycles. The quantitative estimate of drug-likeness (QED) is 0.866. The summed E-state index contributed by atoms with van der Waals surface area (Å²) in [5.74, 6) is -0.0315. The van der Waals surface area contributed by atoms with Gasteiger partial charge in [-0.3, -0.25) is 4.79 Å². The van der Waals surface area contributed by atoms with Crippen LogP contribution in [0.1, 0.15) is 34.1 Å². The van der Waals surface area contributed by atoms with Crippen LogP contribution in [0.2, 0.25) is 0 Å². The van der Waals surface area contributed by atoms with Crippen molar-refractivity contribution in [1.29, 1.82) is 0 Å². The van der Waals surface area contributed by atoms with E-state index in [0.29, 0.717) is 5.56 Å². The van der Waals surface area contributed by atoms with Gasteiger partial charge in [0.05, 0.1) is 10.9 Å². The zero-order chi connectivity index (χ0) is 15.7. The zero-order valence-corrected chi connectivity index (χ0v) is 13.9. The molecule has 2 aromatic rings. The molecule has 1 atom stereocenters. The number of benzene rings is 1. The number of nitrogens with zero attached hydrogens (tertiary/aromatic N) is 1. The maximum absolute atomic E-state index is 12.7. The molecule has 4 nitrogen and oxygen atoms in total. The molecular formula is C16H17NO3S2. The van der Waals surface area contributed by atoms with Crippen LogP contribution < -0.4 is 0 Å². The number of carbonyl (C=O) groups is 1. The van der Waals surface area contributed by atoms with Crippen molar-refractivity contribution in [2.45, 2.75) is 23.8 Å². The fourth-order valence-corrected chi connectivity index (χ4v) is 4.30. The molecule has 0 saturated carbocycles. The van der Waals surface area contributed by atoms with E-state index in [9.17, 15) is 13.2 Å². The molecule has 1 unspecified atom stereocenters. The molecule has 1 aromatic carbocycles. The second-order valence-electron chi connectivity index (χ2n) is 5.47. The van der Waals surface area contributed by atoms with E-state index in [1.165, 1.54) is 17.0 Å². The Balaban J connectivity index is 1.84. The number of sulfone groups is 1. The molecule has 1 aliphatic heterocycles. The predicted molar refractivity (Wildman–Crippen MR) is 86.9 cm³/mol. The third kappa shape index (κ3) is 2.94. The average Bonchev–Trinajstić information content (AvgIpc) is 3.16. The third-order valence-electron chi connectivity index (χ3n) is 3.91. The summed E-state index contributed by atoms with van der Waals surface area (Å²) in [4.78, 5) is 16.0. The van der Waals surface area contributed by atoms with Gasteiger partial charge < -0.3 is 4.90 Å². The Morgan fingerprint density at radius 1 is 1.23 bits per heavy atom. The third-order valence-corrected chi connectivity index (χ3v) is 6.02. The summed E-state index contributed by atoms with van der Waals surface area (Å²) in [6, 6.07) is 10.4. The van der Waals surface area contributed by atoms with Crippen molar-refractivity contribution < 1.29 is 13.2 Å². The standard InChI is InChI=1S/C16H17NO3S2/c1-22(19,20)13-8-6-12(7-9-13)16(18)17-10-2-4-14(17)15-5-3-11-21-15/h3,5-9,11,14H,2,4,10H2,1H3. The maximum Gasteiger partial charge on any atom is 0.254 e. The lowest BCUT2D eigenvalue weighted by Gasteiger charge is -2.24. The smallest absolute Gasteiger partial charge is 0.254 e. The fraction of sp³-hybridized carbons (Fsp3) is 0.312. The van der Waals surface area contributed by atoms with E-state index in [2.05, 4.69) is 6.07 Å². The Morgan fingerprint density at radius 3 is 2.55 bits per heavy atom. The molecule has 0 bridgehead atoms. The number of carbonyl (C=O) groups excluding carboxylic acids is 1. The van der Waals surface area contributed by atoms with Gasteiger partial charge in [-0.1, -0.05) is 6.07 Å². The van der Waals surface area contributed by atoms with Crippen LogP contribution in [0, 0.1) is 0 Å². The molecule has 1 aliphatic rings. The lowest BCUT2D eigenvalue weighted by molar-refractivity contribution is 0.0738. The highest BCUT2D eigenvalue weighted by Gasteiger charge is 2.31. The highest BCUT2D eigenvalue weighted by molar-refractivity contribution is 7.90. The first kappa shape index (κ1) is 15.2. The second-order valence-corrected chi connectivity index (χ2v) is 8.46. The SMILES string of the molecule is CS(=O)(=O)c1ccc(C(=O)N2CCCC2c2cccs2)cc1. The van der Waals surface area contributed by atoms with E-state index in [1.54, 1.807) is 23.5 Å². The van der Waals surface area contributed by atoms with Crippen molar-refractivity contribution in [2.24, 2.45) is 0 Å². The van der Waals surface area contributed by atoms with Crippen LogP contribution in [0.3, 0.4) is 0 Å². The Labute approximate surface area is 134 Å². The fourth-order valence-electron chi connectivity index (χ4n) is 2.80. The second kappa shape index (κ2) is 5.85. The summed E-state index contributed by atoms with van der Waals surface area (Å²) in [7, 11) is -3.23. The molecule has 0 N–H and O–H groups in total. The van der Waals surface area contributed by atoms with Gasteiger partial charge in [-0.15, -0.1) is 11.3 Å². The number of thiophene rings is 1. The van der Waals surface area contributed by atoms with E-state index < -0.39 is 9.84 Å². The van der Waals surface area contributed by atoms with Crippen LogP contribution in [0.4, 0.5) is 0 Å². The molecule has 0 spiro atoms. The normalized spacial score (nSPS) is 18.6. The molecule has 1 saturated heterocycles. The largest absolute Gasteiger partial charge is 0.331 e. The van der Waals surface area contributed by atoms with Crippen molar-refractivity contribution in [2.75, 3.05) is 12.8 Å². The first-order valence-electron chi connectivity index (χ1n) is 7.11. The van der Waals surface area contributed by atoms with E-state index in [1.807, 2.05) is 16.3 Å². The average molecular weight is 335 g/mol. The van der Waals surface area contributed by atoms with Gasteiger partial charge in [0.25, 0.3) is 5.91 Å². The Kier molecular flexibility index (Phi) is 4.06. The lowest BCUT2D eigenvalue weighted by Crippen LogP contribution is -2.30. The summed E-state index contributed by atoms with van der Waals surface area (Å²) in [5.41, 5.74) is 0.538. The van der Waals surface area contributed by atoms with Crippen molar-refractivity contribution in [3.63, 3.8) is 0 Å². The lowest BCUT2D eigenvalue weighted by atomic mass is 10.1.